The van der Waals surface area contributed by atoms with Crippen molar-refractivity contribution >= 4 is 46.1 Å². The van der Waals surface area contributed by atoms with Crippen LogP contribution < -0.4 is 21.3 Å². The molecule has 34 heavy (non-hydrogen) atoms. The molecular weight excluding hydrogens is 436 g/mol. The topological polar surface area (TPSA) is 138 Å². The Bertz CT molecular complexity index is 1440. The number of carbonyl (C=O) groups is 3. The van der Waals surface area contributed by atoms with Gasteiger partial charge in [-0.25, -0.2) is 4.98 Å². The van der Waals surface area contributed by atoms with Crippen molar-refractivity contribution in [2.24, 2.45) is 0 Å². The predicted octanol–water partition coefficient (Wildman–Crippen LogP) is 3.06. The van der Waals surface area contributed by atoms with Gasteiger partial charge in [0.2, 0.25) is 5.95 Å². The molecule has 0 spiro atoms. The second-order valence-corrected chi connectivity index (χ2v) is 7.58. The van der Waals surface area contributed by atoms with Crippen LogP contribution in [0.15, 0.2) is 59.2 Å². The number of anilines is 3. The van der Waals surface area contributed by atoms with Crippen molar-refractivity contribution in [2.75, 3.05) is 29.5 Å². The van der Waals surface area contributed by atoms with Crippen LogP contribution in [0.3, 0.4) is 0 Å². The summed E-state index contributed by atoms with van der Waals surface area (Å²) >= 11 is 0. The molecule has 0 unspecified atom stereocenters. The van der Waals surface area contributed by atoms with Gasteiger partial charge < -0.3 is 20.4 Å². The summed E-state index contributed by atoms with van der Waals surface area (Å²) in [5.74, 6) is -0.847. The average Bonchev–Trinajstić information content (AvgIpc) is 3.52. The van der Waals surface area contributed by atoms with Gasteiger partial charge in [-0.2, -0.15) is 4.98 Å². The lowest BCUT2D eigenvalue weighted by molar-refractivity contribution is 0.0962. The van der Waals surface area contributed by atoms with Gasteiger partial charge in [0.1, 0.15) is 17.1 Å². The van der Waals surface area contributed by atoms with Gasteiger partial charge in [0.15, 0.2) is 0 Å². The lowest BCUT2D eigenvalue weighted by Gasteiger charge is -2.13. The van der Waals surface area contributed by atoms with E-state index in [2.05, 4.69) is 31.2 Å². The fourth-order valence-electron chi connectivity index (χ4n) is 3.86. The number of hydrogen-bond donors (Lipinski definition) is 4. The van der Waals surface area contributed by atoms with Gasteiger partial charge in [0.05, 0.1) is 23.1 Å². The summed E-state index contributed by atoms with van der Waals surface area (Å²) in [6, 6.07) is 13.7. The first kappa shape index (κ1) is 21.1. The number of carbonyl (C=O) groups excluding carboxylic acids is 3. The summed E-state index contributed by atoms with van der Waals surface area (Å²) in [7, 11) is 1.52. The highest BCUT2D eigenvalue weighted by molar-refractivity contribution is 6.12. The number of hydrogen-bond acceptors (Lipinski definition) is 7. The molecule has 10 nitrogen and oxygen atoms in total. The van der Waals surface area contributed by atoms with Crippen molar-refractivity contribution in [1.29, 1.82) is 0 Å². The van der Waals surface area contributed by atoms with Gasteiger partial charge >= 0.3 is 0 Å². The number of amides is 3. The minimum Gasteiger partial charge on any atom is -0.464 e. The summed E-state index contributed by atoms with van der Waals surface area (Å²) in [5.41, 5.74) is 2.20. The Hall–Kier alpha value is -4.73. The van der Waals surface area contributed by atoms with Crippen molar-refractivity contribution < 1.29 is 18.8 Å². The summed E-state index contributed by atoms with van der Waals surface area (Å²) in [6.07, 6.45) is 2.06. The highest BCUT2D eigenvalue weighted by atomic mass is 16.3. The van der Waals surface area contributed by atoms with E-state index in [1.807, 2.05) is 6.07 Å². The van der Waals surface area contributed by atoms with Gasteiger partial charge in [-0.3, -0.25) is 19.7 Å². The molecule has 170 valence electrons. The molecule has 0 bridgehead atoms. The fraction of sp³-hybridized carbons (Fsp3) is 0.125. The third-order valence-electron chi connectivity index (χ3n) is 5.49. The zero-order chi connectivity index (χ0) is 23.7. The molecule has 1 aliphatic rings. The number of furan rings is 1. The van der Waals surface area contributed by atoms with Crippen LogP contribution in [0.4, 0.5) is 17.5 Å². The molecular formula is C24H20N6O4. The highest BCUT2D eigenvalue weighted by Gasteiger charge is 2.25. The molecule has 0 atom stereocenters. The zero-order valence-electron chi connectivity index (χ0n) is 18.1. The lowest BCUT2D eigenvalue weighted by atomic mass is 10.1. The number of fused-ring (bicyclic) bond motifs is 2. The molecule has 3 amide bonds. The minimum atomic E-state index is -0.512. The average molecular weight is 456 g/mol. The van der Waals surface area contributed by atoms with Crippen LogP contribution in [-0.2, 0) is 6.42 Å². The van der Waals surface area contributed by atoms with E-state index >= 15 is 0 Å². The number of para-hydroxylation sites is 2. The van der Waals surface area contributed by atoms with Gasteiger partial charge in [-0.05, 0) is 30.7 Å². The maximum absolute atomic E-state index is 13.2. The Morgan fingerprint density at radius 3 is 2.59 bits per heavy atom. The Kier molecular flexibility index (Phi) is 5.38. The predicted molar refractivity (Wildman–Crippen MR) is 126 cm³/mol. The van der Waals surface area contributed by atoms with Gasteiger partial charge in [0.25, 0.3) is 17.7 Å². The van der Waals surface area contributed by atoms with Gasteiger partial charge in [0, 0.05) is 24.5 Å². The maximum Gasteiger partial charge on any atom is 0.274 e. The molecule has 0 aliphatic carbocycles. The van der Waals surface area contributed by atoms with Crippen LogP contribution in [0.5, 0.6) is 0 Å². The second-order valence-electron chi connectivity index (χ2n) is 7.58. The monoisotopic (exact) mass is 456 g/mol. The van der Waals surface area contributed by atoms with E-state index in [-0.39, 0.29) is 17.5 Å². The summed E-state index contributed by atoms with van der Waals surface area (Å²) in [4.78, 5) is 47.0. The normalized spacial score (nSPS) is 12.0. The van der Waals surface area contributed by atoms with Crippen molar-refractivity contribution in [3.05, 3.63) is 77.2 Å². The second kappa shape index (κ2) is 8.66. The smallest absolute Gasteiger partial charge is 0.274 e. The van der Waals surface area contributed by atoms with E-state index in [4.69, 9.17) is 4.42 Å². The fourth-order valence-corrected chi connectivity index (χ4v) is 3.86. The summed E-state index contributed by atoms with van der Waals surface area (Å²) in [6.45, 7) is 0.586. The molecule has 4 aromatic rings. The quantitative estimate of drug-likeness (QED) is 0.362. The van der Waals surface area contributed by atoms with Crippen LogP contribution in [0.2, 0.25) is 0 Å². The van der Waals surface area contributed by atoms with E-state index < -0.39 is 11.8 Å². The van der Waals surface area contributed by atoms with Crippen molar-refractivity contribution in [2.45, 2.75) is 6.42 Å². The molecule has 0 saturated heterocycles. The van der Waals surface area contributed by atoms with Crippen molar-refractivity contribution in [1.82, 2.24) is 15.3 Å². The number of rotatable bonds is 5. The zero-order valence-corrected chi connectivity index (χ0v) is 18.1. The SMILES string of the molecule is CNC(=O)c1ccccc1NC(=O)c1nc(NC(=O)c2cccc3ccoc23)nc2c1CCN2. The molecule has 4 N–H and O–H groups in total. The standard InChI is InChI=1S/C24H20N6O4/c1-25-21(31)14-6-2-3-8-17(14)27-23(33)18-15-9-11-26-20(15)29-24(28-18)30-22(32)16-7-4-5-13-10-12-34-19(13)16/h2-8,10,12H,9,11H2,1H3,(H,25,31)(H,27,33)(H2,26,28,29,30,32). The van der Waals surface area contributed by atoms with Crippen molar-refractivity contribution in [3.8, 4) is 0 Å². The number of aromatic nitrogens is 2. The van der Waals surface area contributed by atoms with Gasteiger partial charge in [-0.1, -0.05) is 24.3 Å². The Morgan fingerprint density at radius 2 is 1.74 bits per heavy atom. The first-order valence-electron chi connectivity index (χ1n) is 10.6. The molecule has 0 fully saturated rings. The Balaban J connectivity index is 1.46. The van der Waals surface area contributed by atoms with E-state index in [1.165, 1.54) is 13.3 Å². The molecule has 0 radical (unpaired) electrons. The van der Waals surface area contributed by atoms with Crippen LogP contribution in [0.25, 0.3) is 11.0 Å². The molecule has 0 saturated carbocycles. The first-order valence-corrected chi connectivity index (χ1v) is 10.6. The van der Waals surface area contributed by atoms with E-state index in [0.717, 1.165) is 5.39 Å². The molecule has 2 aromatic heterocycles. The van der Waals surface area contributed by atoms with Crippen molar-refractivity contribution in [3.63, 3.8) is 0 Å². The largest absolute Gasteiger partial charge is 0.464 e. The van der Waals surface area contributed by atoms with E-state index in [0.29, 0.717) is 46.7 Å². The Labute approximate surface area is 193 Å². The molecule has 1 aliphatic heterocycles. The van der Waals surface area contributed by atoms with E-state index in [1.54, 1.807) is 42.5 Å². The van der Waals surface area contributed by atoms with Crippen LogP contribution in [0.1, 0.15) is 36.8 Å². The number of nitrogens with one attached hydrogen (secondary N) is 4. The van der Waals surface area contributed by atoms with E-state index in [9.17, 15) is 14.4 Å². The molecule has 3 heterocycles. The number of nitrogens with zero attached hydrogens (tertiary/aromatic N) is 2. The summed E-state index contributed by atoms with van der Waals surface area (Å²) < 4.78 is 5.44. The van der Waals surface area contributed by atoms with Crippen LogP contribution in [-0.4, -0.2) is 41.3 Å². The molecule has 2 aromatic carbocycles. The maximum atomic E-state index is 13.2. The summed E-state index contributed by atoms with van der Waals surface area (Å²) in [5, 5.41) is 11.9. The third-order valence-corrected chi connectivity index (χ3v) is 5.49. The Morgan fingerprint density at radius 1 is 0.912 bits per heavy atom. The molecule has 10 heteroatoms. The number of benzene rings is 2. The first-order chi connectivity index (χ1) is 16.5. The van der Waals surface area contributed by atoms with Crippen LogP contribution in [0, 0.1) is 0 Å². The highest BCUT2D eigenvalue weighted by Crippen LogP contribution is 2.26. The van der Waals surface area contributed by atoms with Crippen LogP contribution >= 0.6 is 0 Å². The minimum absolute atomic E-state index is 0.0218. The van der Waals surface area contributed by atoms with Gasteiger partial charge in [-0.15, -0.1) is 0 Å². The molecule has 5 rings (SSSR count). The lowest BCUT2D eigenvalue weighted by Crippen LogP contribution is -2.23. The third kappa shape index (κ3) is 3.81.